The smallest absolute Gasteiger partial charge is 0.269 e. The Labute approximate surface area is 101 Å². The number of rotatable bonds is 2. The van der Waals surface area contributed by atoms with E-state index >= 15 is 0 Å². The lowest BCUT2D eigenvalue weighted by Gasteiger charge is -2.03. The molecule has 0 saturated carbocycles. The number of anilines is 1. The highest BCUT2D eigenvalue weighted by molar-refractivity contribution is 5.59. The van der Waals surface area contributed by atoms with E-state index in [2.05, 4.69) is 9.97 Å². The van der Waals surface area contributed by atoms with E-state index in [1.54, 1.807) is 6.92 Å². The molecule has 0 saturated heterocycles. The van der Waals surface area contributed by atoms with Crippen LogP contribution in [0.5, 0.6) is 0 Å². The van der Waals surface area contributed by atoms with E-state index in [1.807, 2.05) is 0 Å². The second kappa shape index (κ2) is 4.28. The summed E-state index contributed by atoms with van der Waals surface area (Å²) < 4.78 is 0. The Balaban J connectivity index is 2.49. The van der Waals surface area contributed by atoms with Crippen LogP contribution in [0.2, 0.25) is 0 Å². The largest absolute Gasteiger partial charge is 0.383 e. The lowest BCUT2D eigenvalue weighted by Crippen LogP contribution is -2.15. The number of benzene rings is 1. The predicted molar refractivity (Wildman–Crippen MR) is 66.1 cm³/mol. The fourth-order valence-electron chi connectivity index (χ4n) is 1.43. The van der Waals surface area contributed by atoms with Crippen LogP contribution in [0.25, 0.3) is 11.4 Å². The Kier molecular flexibility index (Phi) is 2.80. The highest BCUT2D eigenvalue weighted by Crippen LogP contribution is 2.19. The number of nitrogens with one attached hydrogen (secondary N) is 1. The number of H-pyrrole nitrogens is 1. The molecule has 1 aromatic carbocycles. The van der Waals surface area contributed by atoms with Gasteiger partial charge in [-0.15, -0.1) is 0 Å². The molecule has 0 spiro atoms. The molecule has 0 fully saturated rings. The van der Waals surface area contributed by atoms with Crippen molar-refractivity contribution in [2.75, 3.05) is 5.73 Å². The predicted octanol–water partition coefficient (Wildman–Crippen LogP) is 1.24. The van der Waals surface area contributed by atoms with E-state index in [0.717, 1.165) is 0 Å². The van der Waals surface area contributed by atoms with Crippen molar-refractivity contribution < 1.29 is 4.92 Å². The molecule has 18 heavy (non-hydrogen) atoms. The van der Waals surface area contributed by atoms with Gasteiger partial charge >= 0.3 is 0 Å². The SMILES string of the molecule is Cc1c(N)nc(-c2ccc([N+](=O)[O-])cc2)[nH]c1=O. The van der Waals surface area contributed by atoms with Gasteiger partial charge in [-0.3, -0.25) is 14.9 Å². The van der Waals surface area contributed by atoms with E-state index in [0.29, 0.717) is 11.1 Å². The first-order valence-electron chi connectivity index (χ1n) is 5.10. The Morgan fingerprint density at radius 3 is 2.44 bits per heavy atom. The first-order valence-corrected chi connectivity index (χ1v) is 5.10. The van der Waals surface area contributed by atoms with Gasteiger partial charge in [0.25, 0.3) is 11.2 Å². The number of nitrogens with two attached hydrogens (primary N) is 1. The number of aromatic amines is 1. The third kappa shape index (κ3) is 2.05. The molecule has 2 rings (SSSR count). The maximum absolute atomic E-state index is 11.5. The normalized spacial score (nSPS) is 10.3. The molecule has 0 radical (unpaired) electrons. The van der Waals surface area contributed by atoms with E-state index < -0.39 is 4.92 Å². The molecule has 0 aliphatic rings. The summed E-state index contributed by atoms with van der Waals surface area (Å²) in [6.45, 7) is 1.57. The molecule has 1 aromatic heterocycles. The van der Waals surface area contributed by atoms with Crippen molar-refractivity contribution in [1.29, 1.82) is 0 Å². The third-order valence-electron chi connectivity index (χ3n) is 2.54. The average molecular weight is 246 g/mol. The fraction of sp³-hybridized carbons (Fsp3) is 0.0909. The molecule has 1 heterocycles. The minimum atomic E-state index is -0.497. The van der Waals surface area contributed by atoms with Crippen LogP contribution in [-0.4, -0.2) is 14.9 Å². The highest BCUT2D eigenvalue weighted by atomic mass is 16.6. The summed E-state index contributed by atoms with van der Waals surface area (Å²) in [4.78, 5) is 28.1. The monoisotopic (exact) mass is 246 g/mol. The summed E-state index contributed by atoms with van der Waals surface area (Å²) in [7, 11) is 0. The van der Waals surface area contributed by atoms with Crippen molar-refractivity contribution >= 4 is 11.5 Å². The summed E-state index contributed by atoms with van der Waals surface area (Å²) in [6.07, 6.45) is 0. The number of non-ortho nitro benzene ring substituents is 1. The molecule has 0 aliphatic heterocycles. The zero-order valence-electron chi connectivity index (χ0n) is 9.51. The van der Waals surface area contributed by atoms with Crippen LogP contribution < -0.4 is 11.3 Å². The van der Waals surface area contributed by atoms with Gasteiger partial charge < -0.3 is 10.7 Å². The van der Waals surface area contributed by atoms with E-state index in [9.17, 15) is 14.9 Å². The van der Waals surface area contributed by atoms with Gasteiger partial charge in [0.05, 0.1) is 10.5 Å². The Bertz CT molecular complexity index is 661. The zero-order chi connectivity index (χ0) is 13.3. The molecule has 0 atom stereocenters. The molecule has 0 unspecified atom stereocenters. The van der Waals surface area contributed by atoms with E-state index in [1.165, 1.54) is 24.3 Å². The van der Waals surface area contributed by atoms with Crippen LogP contribution in [-0.2, 0) is 0 Å². The van der Waals surface area contributed by atoms with Crippen LogP contribution in [0.3, 0.4) is 0 Å². The van der Waals surface area contributed by atoms with Gasteiger partial charge in [0.15, 0.2) is 0 Å². The minimum absolute atomic E-state index is 0.0267. The summed E-state index contributed by atoms with van der Waals surface area (Å²) in [5, 5.41) is 10.5. The minimum Gasteiger partial charge on any atom is -0.383 e. The molecular weight excluding hydrogens is 236 g/mol. The van der Waals surface area contributed by atoms with Crippen LogP contribution in [0.15, 0.2) is 29.1 Å². The topological polar surface area (TPSA) is 115 Å². The van der Waals surface area contributed by atoms with Crippen molar-refractivity contribution in [2.45, 2.75) is 6.92 Å². The van der Waals surface area contributed by atoms with Crippen molar-refractivity contribution in [1.82, 2.24) is 9.97 Å². The van der Waals surface area contributed by atoms with Crippen LogP contribution in [0, 0.1) is 17.0 Å². The maximum Gasteiger partial charge on any atom is 0.269 e. The zero-order valence-corrected chi connectivity index (χ0v) is 9.51. The Morgan fingerprint density at radius 2 is 1.94 bits per heavy atom. The standard InChI is InChI=1S/C11H10N4O3/c1-6-9(12)13-10(14-11(6)16)7-2-4-8(5-3-7)15(17)18/h2-5H,1H3,(H3,12,13,14,16). The molecule has 7 nitrogen and oxygen atoms in total. The van der Waals surface area contributed by atoms with Gasteiger partial charge in [0.1, 0.15) is 11.6 Å². The molecular formula is C11H10N4O3. The van der Waals surface area contributed by atoms with E-state index in [-0.39, 0.29) is 22.9 Å². The van der Waals surface area contributed by atoms with Crippen LogP contribution in [0.1, 0.15) is 5.56 Å². The number of hydrogen-bond acceptors (Lipinski definition) is 5. The second-order valence-corrected chi connectivity index (χ2v) is 3.73. The molecule has 7 heteroatoms. The lowest BCUT2D eigenvalue weighted by atomic mass is 10.2. The number of nitro benzene ring substituents is 1. The van der Waals surface area contributed by atoms with Gasteiger partial charge in [0, 0.05) is 17.7 Å². The molecule has 0 amide bonds. The Morgan fingerprint density at radius 1 is 1.33 bits per heavy atom. The van der Waals surface area contributed by atoms with Gasteiger partial charge in [-0.1, -0.05) is 0 Å². The third-order valence-corrected chi connectivity index (χ3v) is 2.54. The van der Waals surface area contributed by atoms with Crippen molar-refractivity contribution in [3.8, 4) is 11.4 Å². The van der Waals surface area contributed by atoms with Crippen molar-refractivity contribution in [3.63, 3.8) is 0 Å². The molecule has 3 N–H and O–H groups in total. The van der Waals surface area contributed by atoms with Crippen LogP contribution in [0.4, 0.5) is 11.5 Å². The molecule has 2 aromatic rings. The average Bonchev–Trinajstić information content (AvgIpc) is 2.35. The van der Waals surface area contributed by atoms with Gasteiger partial charge in [-0.05, 0) is 19.1 Å². The number of nitro groups is 1. The number of nitrogen functional groups attached to an aromatic ring is 1. The molecule has 0 bridgehead atoms. The van der Waals surface area contributed by atoms with Crippen molar-refractivity contribution in [3.05, 3.63) is 50.3 Å². The summed E-state index contributed by atoms with van der Waals surface area (Å²) in [6, 6.07) is 5.69. The maximum atomic E-state index is 11.5. The second-order valence-electron chi connectivity index (χ2n) is 3.73. The fourth-order valence-corrected chi connectivity index (χ4v) is 1.43. The summed E-state index contributed by atoms with van der Waals surface area (Å²) in [5.41, 5.74) is 6.16. The molecule has 0 aliphatic carbocycles. The van der Waals surface area contributed by atoms with Crippen molar-refractivity contribution in [2.24, 2.45) is 0 Å². The highest BCUT2D eigenvalue weighted by Gasteiger charge is 2.09. The van der Waals surface area contributed by atoms with E-state index in [4.69, 9.17) is 5.73 Å². The first-order chi connectivity index (χ1) is 8.49. The number of nitrogens with zero attached hydrogens (tertiary/aromatic N) is 2. The summed E-state index contributed by atoms with van der Waals surface area (Å²) in [5.74, 6) is 0.435. The summed E-state index contributed by atoms with van der Waals surface area (Å²) >= 11 is 0. The quantitative estimate of drug-likeness (QED) is 0.610. The van der Waals surface area contributed by atoms with Gasteiger partial charge in [0.2, 0.25) is 0 Å². The number of aromatic nitrogens is 2. The van der Waals surface area contributed by atoms with Crippen LogP contribution >= 0.6 is 0 Å². The number of hydrogen-bond donors (Lipinski definition) is 2. The van der Waals surface area contributed by atoms with Gasteiger partial charge in [-0.2, -0.15) is 0 Å². The molecule has 92 valence electrons. The first kappa shape index (κ1) is 11.8. The van der Waals surface area contributed by atoms with Gasteiger partial charge in [-0.25, -0.2) is 4.98 Å². The lowest BCUT2D eigenvalue weighted by molar-refractivity contribution is -0.384. The Hall–Kier alpha value is -2.70.